The molecule has 8 heteroatoms. The second-order valence-electron chi connectivity index (χ2n) is 9.54. The number of hydrogen-bond donors (Lipinski definition) is 4. The lowest BCUT2D eigenvalue weighted by Gasteiger charge is -2.21. The Morgan fingerprint density at radius 2 is 1.68 bits per heavy atom. The van der Waals surface area contributed by atoms with Crippen LogP contribution in [0.25, 0.3) is 11.1 Å². The molecule has 0 radical (unpaired) electrons. The first kappa shape index (κ1) is 22.4. The molecule has 0 bridgehead atoms. The molecule has 178 valence electrons. The van der Waals surface area contributed by atoms with Gasteiger partial charge in [0.25, 0.3) is 0 Å². The van der Waals surface area contributed by atoms with Gasteiger partial charge in [0, 0.05) is 25.0 Å². The number of aliphatic carboxylic acids is 1. The first-order chi connectivity index (χ1) is 16.4. The second kappa shape index (κ2) is 8.76. The molecule has 2 aromatic carbocycles. The predicted molar refractivity (Wildman–Crippen MR) is 123 cm³/mol. The van der Waals surface area contributed by atoms with Crippen LogP contribution in [0.5, 0.6) is 0 Å². The van der Waals surface area contributed by atoms with Crippen molar-refractivity contribution in [2.75, 3.05) is 13.2 Å². The van der Waals surface area contributed by atoms with Gasteiger partial charge in [-0.2, -0.15) is 0 Å². The lowest BCUT2D eigenvalue weighted by molar-refractivity contribution is -0.143. The number of carbonyl (C=O) groups excluding carboxylic acids is 2. The topological polar surface area (TPSA) is 125 Å². The summed E-state index contributed by atoms with van der Waals surface area (Å²) in [5.74, 6) is -1.38. The number of aliphatic hydroxyl groups is 1. The summed E-state index contributed by atoms with van der Waals surface area (Å²) >= 11 is 0. The number of fused-ring (bicyclic) bond motifs is 4. The molecule has 0 aliphatic heterocycles. The van der Waals surface area contributed by atoms with E-state index < -0.39 is 23.5 Å². The van der Waals surface area contributed by atoms with Gasteiger partial charge in [0.15, 0.2) is 0 Å². The van der Waals surface area contributed by atoms with Crippen LogP contribution in [0.15, 0.2) is 48.5 Å². The molecule has 34 heavy (non-hydrogen) atoms. The first-order valence-electron chi connectivity index (χ1n) is 11.7. The van der Waals surface area contributed by atoms with E-state index in [1.165, 1.54) is 0 Å². The van der Waals surface area contributed by atoms with Crippen molar-refractivity contribution in [3.63, 3.8) is 0 Å². The zero-order chi connectivity index (χ0) is 23.9. The summed E-state index contributed by atoms with van der Waals surface area (Å²) in [7, 11) is 0. The fourth-order valence-electron chi connectivity index (χ4n) is 5.78. The molecule has 5 rings (SSSR count). The first-order valence-corrected chi connectivity index (χ1v) is 11.7. The standard InChI is InChI=1S/C26H28N2O6/c29-10-9-22(23(30)31)28-24(32)26-12-15(26)11-16(13-26)27-25(33)34-14-21-19-7-3-1-5-17(19)18-6-2-4-8-20(18)21/h1-8,15-16,21-22,29H,9-14H2,(H,27,33)(H,28,32)(H,30,31)/t15-,16+,22?,26+/m1/s1. The number of hydrogen-bond acceptors (Lipinski definition) is 5. The van der Waals surface area contributed by atoms with Crippen LogP contribution >= 0.6 is 0 Å². The molecule has 0 spiro atoms. The van der Waals surface area contributed by atoms with Gasteiger partial charge >= 0.3 is 12.1 Å². The maximum atomic E-state index is 12.8. The van der Waals surface area contributed by atoms with Gasteiger partial charge in [-0.15, -0.1) is 0 Å². The van der Waals surface area contributed by atoms with E-state index in [4.69, 9.17) is 9.84 Å². The Morgan fingerprint density at radius 1 is 1.03 bits per heavy atom. The van der Waals surface area contributed by atoms with Crippen molar-refractivity contribution in [2.45, 2.75) is 43.7 Å². The average Bonchev–Trinajstić information content (AvgIpc) is 3.25. The zero-order valence-corrected chi connectivity index (χ0v) is 18.7. The highest BCUT2D eigenvalue weighted by Crippen LogP contribution is 2.63. The van der Waals surface area contributed by atoms with Crippen LogP contribution in [-0.4, -0.2) is 53.5 Å². The summed E-state index contributed by atoms with van der Waals surface area (Å²) in [4.78, 5) is 36.7. The molecule has 0 heterocycles. The van der Waals surface area contributed by atoms with Crippen molar-refractivity contribution in [3.8, 4) is 11.1 Å². The van der Waals surface area contributed by atoms with Crippen molar-refractivity contribution < 1.29 is 29.3 Å². The molecule has 2 saturated carbocycles. The molecular weight excluding hydrogens is 436 g/mol. The molecule has 0 saturated heterocycles. The second-order valence-corrected chi connectivity index (χ2v) is 9.54. The van der Waals surface area contributed by atoms with Crippen LogP contribution in [0.2, 0.25) is 0 Å². The van der Waals surface area contributed by atoms with Gasteiger partial charge in [-0.3, -0.25) is 4.79 Å². The quantitative estimate of drug-likeness (QED) is 0.476. The minimum absolute atomic E-state index is 0.0215. The van der Waals surface area contributed by atoms with E-state index in [-0.39, 0.29) is 43.4 Å². The van der Waals surface area contributed by atoms with Crippen LogP contribution in [-0.2, 0) is 14.3 Å². The molecule has 2 aromatic rings. The van der Waals surface area contributed by atoms with Crippen LogP contribution in [0.1, 0.15) is 42.7 Å². The number of amides is 2. The van der Waals surface area contributed by atoms with Crippen LogP contribution in [0.4, 0.5) is 4.79 Å². The molecule has 2 amide bonds. The minimum Gasteiger partial charge on any atom is -0.480 e. The van der Waals surface area contributed by atoms with E-state index in [1.54, 1.807) is 0 Å². The molecule has 2 fully saturated rings. The number of aliphatic hydroxyl groups excluding tert-OH is 1. The number of alkyl carbamates (subject to hydrolysis) is 1. The van der Waals surface area contributed by atoms with E-state index >= 15 is 0 Å². The largest absolute Gasteiger partial charge is 0.480 e. The fourth-order valence-corrected chi connectivity index (χ4v) is 5.78. The van der Waals surface area contributed by atoms with E-state index in [1.807, 2.05) is 24.3 Å². The maximum Gasteiger partial charge on any atom is 0.407 e. The molecule has 3 aliphatic rings. The summed E-state index contributed by atoms with van der Waals surface area (Å²) in [6.07, 6.45) is 1.26. The van der Waals surface area contributed by atoms with Gasteiger partial charge in [0.1, 0.15) is 12.6 Å². The highest BCUT2D eigenvalue weighted by Gasteiger charge is 2.65. The number of ether oxygens (including phenoxy) is 1. The number of carboxylic acid groups (broad SMARTS) is 1. The number of benzene rings is 2. The average molecular weight is 465 g/mol. The van der Waals surface area contributed by atoms with E-state index in [0.29, 0.717) is 19.3 Å². The maximum absolute atomic E-state index is 12.8. The third-order valence-electron chi connectivity index (χ3n) is 7.55. The summed E-state index contributed by atoms with van der Waals surface area (Å²) < 4.78 is 5.62. The molecule has 1 unspecified atom stereocenters. The van der Waals surface area contributed by atoms with E-state index in [9.17, 15) is 19.5 Å². The lowest BCUT2D eigenvalue weighted by atomic mass is 9.98. The summed E-state index contributed by atoms with van der Waals surface area (Å²) in [5, 5.41) is 23.7. The van der Waals surface area contributed by atoms with Crippen molar-refractivity contribution in [1.82, 2.24) is 10.6 Å². The number of rotatable bonds is 8. The minimum atomic E-state index is -1.16. The van der Waals surface area contributed by atoms with Crippen LogP contribution in [0, 0.1) is 11.3 Å². The molecular formula is C26H28N2O6. The molecule has 3 aliphatic carbocycles. The Labute approximate surface area is 197 Å². The van der Waals surface area contributed by atoms with Gasteiger partial charge < -0.3 is 25.6 Å². The molecule has 8 nitrogen and oxygen atoms in total. The van der Waals surface area contributed by atoms with Gasteiger partial charge in [-0.1, -0.05) is 48.5 Å². The number of nitrogens with one attached hydrogen (secondary N) is 2. The van der Waals surface area contributed by atoms with E-state index in [0.717, 1.165) is 22.3 Å². The third-order valence-corrected chi connectivity index (χ3v) is 7.55. The fraction of sp³-hybridized carbons (Fsp3) is 0.423. The normalized spacial score (nSPS) is 25.0. The third kappa shape index (κ3) is 3.92. The highest BCUT2D eigenvalue weighted by atomic mass is 16.5. The van der Waals surface area contributed by atoms with Gasteiger partial charge in [-0.25, -0.2) is 9.59 Å². The van der Waals surface area contributed by atoms with Crippen LogP contribution in [0.3, 0.4) is 0 Å². The lowest BCUT2D eigenvalue weighted by Crippen LogP contribution is -2.45. The Bertz CT molecular complexity index is 1090. The number of carboxylic acids is 1. The number of carbonyl (C=O) groups is 3. The summed E-state index contributed by atoms with van der Waals surface area (Å²) in [5.41, 5.74) is 3.98. The van der Waals surface area contributed by atoms with Crippen LogP contribution < -0.4 is 10.6 Å². The van der Waals surface area contributed by atoms with Crippen molar-refractivity contribution in [2.24, 2.45) is 11.3 Å². The van der Waals surface area contributed by atoms with Crippen molar-refractivity contribution in [1.29, 1.82) is 0 Å². The smallest absolute Gasteiger partial charge is 0.407 e. The van der Waals surface area contributed by atoms with Gasteiger partial charge in [0.05, 0.1) is 5.41 Å². The zero-order valence-electron chi connectivity index (χ0n) is 18.7. The Morgan fingerprint density at radius 3 is 2.29 bits per heavy atom. The monoisotopic (exact) mass is 464 g/mol. The SMILES string of the molecule is O=C(N[C@H]1C[C@@H]2C[C@]2(C(=O)NC(CCO)C(=O)O)C1)OCC1c2ccccc2-c2ccccc21. The Hall–Kier alpha value is -3.39. The Balaban J connectivity index is 1.17. The summed E-state index contributed by atoms with van der Waals surface area (Å²) in [6, 6.07) is 15.0. The van der Waals surface area contributed by atoms with Crippen molar-refractivity contribution in [3.05, 3.63) is 59.7 Å². The van der Waals surface area contributed by atoms with Gasteiger partial charge in [-0.05, 0) is 47.4 Å². The molecule has 4 atom stereocenters. The molecule has 0 aromatic heterocycles. The van der Waals surface area contributed by atoms with Crippen molar-refractivity contribution >= 4 is 18.0 Å². The Kier molecular flexibility index (Phi) is 5.77. The van der Waals surface area contributed by atoms with Gasteiger partial charge in [0.2, 0.25) is 5.91 Å². The molecule has 4 N–H and O–H groups in total. The highest BCUT2D eigenvalue weighted by molar-refractivity contribution is 5.90. The summed E-state index contributed by atoms with van der Waals surface area (Å²) in [6.45, 7) is -0.0945. The predicted octanol–water partition coefficient (Wildman–Crippen LogP) is 2.65. The van der Waals surface area contributed by atoms with E-state index in [2.05, 4.69) is 34.9 Å².